The molecule has 5 nitrogen and oxygen atoms in total. The number of hydrogen-bond donors (Lipinski definition) is 3. The number of carbonyl (C=O) groups is 2. The highest BCUT2D eigenvalue weighted by molar-refractivity contribution is 5.88. The van der Waals surface area contributed by atoms with Gasteiger partial charge in [0.05, 0.1) is 5.54 Å². The minimum absolute atomic E-state index is 0.360. The van der Waals surface area contributed by atoms with Crippen LogP contribution in [-0.2, 0) is 16.0 Å². The maximum atomic E-state index is 11.7. The molecule has 0 heterocycles. The van der Waals surface area contributed by atoms with Crippen molar-refractivity contribution in [2.45, 2.75) is 18.9 Å². The van der Waals surface area contributed by atoms with Crippen LogP contribution in [0.4, 0.5) is 0 Å². The van der Waals surface area contributed by atoms with Crippen molar-refractivity contribution in [3.63, 3.8) is 0 Å². The Morgan fingerprint density at radius 1 is 1.35 bits per heavy atom. The fourth-order valence-corrected chi connectivity index (χ4v) is 1.46. The van der Waals surface area contributed by atoms with Crippen LogP contribution in [0.1, 0.15) is 12.5 Å². The van der Waals surface area contributed by atoms with E-state index in [0.717, 1.165) is 5.56 Å². The predicted octanol–water partition coefficient (Wildman–Crippen LogP) is 0.147. The lowest BCUT2D eigenvalue weighted by Crippen LogP contribution is -2.54. The molecule has 0 spiro atoms. The molecule has 1 unspecified atom stereocenters. The Morgan fingerprint density at radius 3 is 2.47 bits per heavy atom. The van der Waals surface area contributed by atoms with Crippen molar-refractivity contribution in [2.24, 2.45) is 5.73 Å². The summed E-state index contributed by atoms with van der Waals surface area (Å²) in [6.07, 6.45) is 0.360. The number of rotatable bonds is 5. The van der Waals surface area contributed by atoms with Crippen LogP contribution in [0.5, 0.6) is 0 Å². The van der Waals surface area contributed by atoms with Crippen LogP contribution in [0.2, 0.25) is 0 Å². The summed E-state index contributed by atoms with van der Waals surface area (Å²) in [4.78, 5) is 22.0. The molecule has 0 aliphatic carbocycles. The monoisotopic (exact) mass is 236 g/mol. The Hall–Kier alpha value is -1.88. The zero-order valence-electron chi connectivity index (χ0n) is 9.64. The largest absolute Gasteiger partial charge is 0.480 e. The summed E-state index contributed by atoms with van der Waals surface area (Å²) in [5.74, 6) is -1.56. The highest BCUT2D eigenvalue weighted by atomic mass is 16.4. The molecule has 0 saturated heterocycles. The molecule has 0 fully saturated rings. The van der Waals surface area contributed by atoms with Gasteiger partial charge in [0.1, 0.15) is 6.54 Å². The molecule has 0 aromatic heterocycles. The predicted molar refractivity (Wildman–Crippen MR) is 63.4 cm³/mol. The number of nitrogens with one attached hydrogen (secondary N) is 1. The average molecular weight is 236 g/mol. The number of nitrogens with two attached hydrogens (primary N) is 1. The Kier molecular flexibility index (Phi) is 4.23. The summed E-state index contributed by atoms with van der Waals surface area (Å²) >= 11 is 0. The summed E-state index contributed by atoms with van der Waals surface area (Å²) in [5.41, 5.74) is 5.69. The topological polar surface area (TPSA) is 92.4 Å². The van der Waals surface area contributed by atoms with Crippen LogP contribution in [0, 0.1) is 0 Å². The van der Waals surface area contributed by atoms with Gasteiger partial charge in [-0.25, -0.2) is 0 Å². The fourth-order valence-electron chi connectivity index (χ4n) is 1.46. The molecule has 1 aromatic rings. The zero-order chi connectivity index (χ0) is 12.9. The molecule has 0 radical (unpaired) electrons. The fraction of sp³-hybridized carbons (Fsp3) is 0.333. The van der Waals surface area contributed by atoms with E-state index in [1.165, 1.54) is 0 Å². The Morgan fingerprint density at radius 2 is 1.94 bits per heavy atom. The molecular weight excluding hydrogens is 220 g/mol. The number of aliphatic carboxylic acids is 1. The molecule has 1 rings (SSSR count). The van der Waals surface area contributed by atoms with Crippen molar-refractivity contribution in [2.75, 3.05) is 6.54 Å². The highest BCUT2D eigenvalue weighted by Crippen LogP contribution is 2.10. The van der Waals surface area contributed by atoms with E-state index in [-0.39, 0.29) is 0 Å². The number of carboxylic acid groups (broad SMARTS) is 1. The van der Waals surface area contributed by atoms with Crippen molar-refractivity contribution in [1.29, 1.82) is 0 Å². The van der Waals surface area contributed by atoms with E-state index in [9.17, 15) is 9.59 Å². The summed E-state index contributed by atoms with van der Waals surface area (Å²) in [6.45, 7) is 1.16. The van der Waals surface area contributed by atoms with Crippen LogP contribution >= 0.6 is 0 Å². The van der Waals surface area contributed by atoms with E-state index in [0.29, 0.717) is 6.42 Å². The second-order valence-electron chi connectivity index (χ2n) is 4.16. The van der Waals surface area contributed by atoms with Gasteiger partial charge in [-0.3, -0.25) is 9.59 Å². The minimum Gasteiger partial charge on any atom is -0.480 e. The number of hydrogen-bond acceptors (Lipinski definition) is 3. The molecule has 0 aliphatic rings. The third kappa shape index (κ3) is 4.24. The van der Waals surface area contributed by atoms with Gasteiger partial charge in [0.25, 0.3) is 0 Å². The van der Waals surface area contributed by atoms with Crippen molar-refractivity contribution in [3.05, 3.63) is 35.9 Å². The van der Waals surface area contributed by atoms with Crippen LogP contribution in [-0.4, -0.2) is 29.1 Å². The average Bonchev–Trinajstić information content (AvgIpc) is 2.26. The number of benzene rings is 1. The van der Waals surface area contributed by atoms with Gasteiger partial charge >= 0.3 is 5.97 Å². The summed E-state index contributed by atoms with van der Waals surface area (Å²) in [6, 6.07) is 9.34. The maximum absolute atomic E-state index is 11.7. The van der Waals surface area contributed by atoms with Crippen LogP contribution < -0.4 is 11.1 Å². The van der Waals surface area contributed by atoms with Gasteiger partial charge in [0.2, 0.25) is 5.91 Å². The third-order valence-corrected chi connectivity index (χ3v) is 2.33. The van der Waals surface area contributed by atoms with E-state index in [4.69, 9.17) is 10.8 Å². The first-order valence-corrected chi connectivity index (χ1v) is 5.25. The molecule has 1 atom stereocenters. The molecular formula is C12H16N2O3. The Balaban J connectivity index is 2.61. The first kappa shape index (κ1) is 13.2. The minimum atomic E-state index is -1.11. The molecule has 4 N–H and O–H groups in total. The van der Waals surface area contributed by atoms with Crippen LogP contribution in [0.3, 0.4) is 0 Å². The second kappa shape index (κ2) is 5.45. The normalized spacial score (nSPS) is 13.8. The zero-order valence-corrected chi connectivity index (χ0v) is 9.64. The number of carbonyl (C=O) groups excluding carboxylic acids is 1. The van der Waals surface area contributed by atoms with E-state index in [1.54, 1.807) is 6.92 Å². The van der Waals surface area contributed by atoms with Gasteiger partial charge in [-0.15, -0.1) is 0 Å². The van der Waals surface area contributed by atoms with Crippen molar-refractivity contribution in [3.8, 4) is 0 Å². The first-order chi connectivity index (χ1) is 7.92. The van der Waals surface area contributed by atoms with Gasteiger partial charge in [0.15, 0.2) is 0 Å². The smallest absolute Gasteiger partial charge is 0.322 e. The Labute approximate surface area is 99.6 Å². The quantitative estimate of drug-likeness (QED) is 0.678. The van der Waals surface area contributed by atoms with E-state index >= 15 is 0 Å². The van der Waals surface area contributed by atoms with Crippen molar-refractivity contribution in [1.82, 2.24) is 5.32 Å². The standard InChI is InChI=1S/C12H16N2O3/c1-12(13,11(17)14-8-10(15)16)7-9-5-3-2-4-6-9/h2-6H,7-8,13H2,1H3,(H,14,17)(H,15,16). The van der Waals surface area contributed by atoms with E-state index < -0.39 is 24.0 Å². The van der Waals surface area contributed by atoms with Crippen molar-refractivity contribution < 1.29 is 14.7 Å². The maximum Gasteiger partial charge on any atom is 0.322 e. The summed E-state index contributed by atoms with van der Waals surface area (Å²) < 4.78 is 0. The molecule has 5 heteroatoms. The lowest BCUT2D eigenvalue weighted by atomic mass is 9.93. The lowest BCUT2D eigenvalue weighted by Gasteiger charge is -2.23. The van der Waals surface area contributed by atoms with Gasteiger partial charge in [-0.2, -0.15) is 0 Å². The van der Waals surface area contributed by atoms with Crippen LogP contribution in [0.15, 0.2) is 30.3 Å². The molecule has 0 bridgehead atoms. The molecule has 1 aromatic carbocycles. The summed E-state index contributed by atoms with van der Waals surface area (Å²) in [5, 5.41) is 10.7. The Bertz CT molecular complexity index is 401. The molecule has 92 valence electrons. The number of amides is 1. The second-order valence-corrected chi connectivity index (χ2v) is 4.16. The SMILES string of the molecule is CC(N)(Cc1ccccc1)C(=O)NCC(=O)O. The molecule has 1 amide bonds. The van der Waals surface area contributed by atoms with Gasteiger partial charge in [-0.1, -0.05) is 30.3 Å². The van der Waals surface area contributed by atoms with Gasteiger partial charge in [0, 0.05) is 0 Å². The van der Waals surface area contributed by atoms with E-state index in [1.807, 2.05) is 30.3 Å². The lowest BCUT2D eigenvalue weighted by molar-refractivity contribution is -0.138. The van der Waals surface area contributed by atoms with Gasteiger partial charge < -0.3 is 16.2 Å². The summed E-state index contributed by atoms with van der Waals surface area (Å²) in [7, 11) is 0. The van der Waals surface area contributed by atoms with Gasteiger partial charge in [-0.05, 0) is 18.9 Å². The van der Waals surface area contributed by atoms with Crippen LogP contribution in [0.25, 0.3) is 0 Å². The van der Waals surface area contributed by atoms with E-state index in [2.05, 4.69) is 5.32 Å². The molecule has 0 saturated carbocycles. The number of carboxylic acids is 1. The third-order valence-electron chi connectivity index (χ3n) is 2.33. The highest BCUT2D eigenvalue weighted by Gasteiger charge is 2.28. The van der Waals surface area contributed by atoms with Crippen molar-refractivity contribution >= 4 is 11.9 Å². The first-order valence-electron chi connectivity index (χ1n) is 5.25. The molecule has 17 heavy (non-hydrogen) atoms. The molecule has 0 aliphatic heterocycles.